The molecule has 8 rings (SSSR count). The fraction of sp³-hybridized carbons (Fsp3) is 0.432. The molecule has 6 heterocycles. The lowest BCUT2D eigenvalue weighted by Crippen LogP contribution is -2.59. The summed E-state index contributed by atoms with van der Waals surface area (Å²) in [6, 6.07) is 11.0. The van der Waals surface area contributed by atoms with Gasteiger partial charge in [-0.05, 0) is 80.1 Å². The van der Waals surface area contributed by atoms with Gasteiger partial charge in [0.1, 0.15) is 23.0 Å². The van der Waals surface area contributed by atoms with Crippen LogP contribution in [0.3, 0.4) is 0 Å². The maximum atomic E-state index is 15.4. The van der Waals surface area contributed by atoms with Gasteiger partial charge in [-0.25, -0.2) is 9.37 Å². The van der Waals surface area contributed by atoms with Crippen molar-refractivity contribution in [2.45, 2.75) is 57.8 Å². The lowest BCUT2D eigenvalue weighted by molar-refractivity contribution is -0.0691. The number of piperazine rings is 1. The van der Waals surface area contributed by atoms with E-state index in [1.807, 2.05) is 24.4 Å². The molecule has 2 saturated heterocycles. The molecule has 256 valence electrons. The monoisotopic (exact) mass is 667 g/mol. The molecule has 4 aromatic rings. The Bertz CT molecular complexity index is 1970. The van der Waals surface area contributed by atoms with Gasteiger partial charge in [0, 0.05) is 68.8 Å². The molecular weight excluding hydrogens is 625 g/mol. The van der Waals surface area contributed by atoms with Crippen molar-refractivity contribution in [3.05, 3.63) is 87.5 Å². The molecule has 0 radical (unpaired) electrons. The van der Waals surface area contributed by atoms with Crippen LogP contribution in [0.2, 0.25) is 0 Å². The molecule has 4 aliphatic rings. The number of nitrogens with one attached hydrogen (secondary N) is 1. The predicted octanol–water partition coefficient (Wildman–Crippen LogP) is 4.07. The van der Waals surface area contributed by atoms with Crippen molar-refractivity contribution < 1.29 is 19.0 Å². The number of hydrogen-bond acceptors (Lipinski definition) is 8. The van der Waals surface area contributed by atoms with Gasteiger partial charge in [0.05, 0.1) is 43.4 Å². The number of benzene rings is 1. The number of nitrogens with zero attached hydrogens (tertiary/aromatic N) is 6. The van der Waals surface area contributed by atoms with Crippen LogP contribution in [0, 0.1) is 5.82 Å². The van der Waals surface area contributed by atoms with E-state index >= 15 is 4.39 Å². The Hall–Kier alpha value is -4.52. The number of aromatic nitrogens is 3. The second kappa shape index (κ2) is 12.7. The van der Waals surface area contributed by atoms with Crippen molar-refractivity contribution in [3.63, 3.8) is 0 Å². The quantitative estimate of drug-likeness (QED) is 0.304. The van der Waals surface area contributed by atoms with Gasteiger partial charge >= 0.3 is 0 Å². The van der Waals surface area contributed by atoms with Crippen molar-refractivity contribution in [1.29, 1.82) is 0 Å². The standard InChI is InChI=1S/C37H42FN7O4/c1-23-18-42(28-21-49-22-28)9-10-43(23)27-7-8-35(39-17-27)40-31-13-25(19-41(2)36(31)47)29-15-26(38)16-33(30(29)20-46)45-12-11-44-32-6-4-3-5-24(32)14-34(44)37(45)48/h7-8,13-17,19,23,28,46H,3-6,9-12,18,20-22H2,1-2H3,(H,39,40)/t23-/m1/s1. The van der Waals surface area contributed by atoms with E-state index in [0.29, 0.717) is 59.1 Å². The number of rotatable bonds is 7. The minimum atomic E-state index is -0.535. The zero-order chi connectivity index (χ0) is 33.8. The molecule has 1 amide bonds. The Labute approximate surface area is 284 Å². The van der Waals surface area contributed by atoms with Crippen molar-refractivity contribution in [2.24, 2.45) is 7.05 Å². The van der Waals surface area contributed by atoms with Crippen LogP contribution in [0.5, 0.6) is 0 Å². The fourth-order valence-electron chi connectivity index (χ4n) is 8.01. The lowest BCUT2D eigenvalue weighted by Gasteiger charge is -2.46. The Morgan fingerprint density at radius 3 is 2.61 bits per heavy atom. The number of carbonyl (C=O) groups excluding carboxylic acids is 1. The topological polar surface area (TPSA) is 108 Å². The summed E-state index contributed by atoms with van der Waals surface area (Å²) in [6.07, 6.45) is 7.59. The third-order valence-corrected chi connectivity index (χ3v) is 10.7. The largest absolute Gasteiger partial charge is 0.392 e. The van der Waals surface area contributed by atoms with Gasteiger partial charge in [0.2, 0.25) is 0 Å². The highest BCUT2D eigenvalue weighted by atomic mass is 19.1. The Morgan fingerprint density at radius 1 is 1.04 bits per heavy atom. The molecule has 11 nitrogen and oxygen atoms in total. The third-order valence-electron chi connectivity index (χ3n) is 10.7. The van der Waals surface area contributed by atoms with Gasteiger partial charge in [0.15, 0.2) is 0 Å². The molecule has 3 aromatic heterocycles. The van der Waals surface area contributed by atoms with Crippen LogP contribution in [-0.2, 0) is 37.8 Å². The van der Waals surface area contributed by atoms with Crippen LogP contribution >= 0.6 is 0 Å². The van der Waals surface area contributed by atoms with Gasteiger partial charge in [0.25, 0.3) is 11.5 Å². The van der Waals surface area contributed by atoms with Crippen molar-refractivity contribution in [3.8, 4) is 11.1 Å². The molecule has 2 fully saturated rings. The van der Waals surface area contributed by atoms with Gasteiger partial charge < -0.3 is 34.1 Å². The van der Waals surface area contributed by atoms with Crippen LogP contribution in [0.4, 0.5) is 27.3 Å². The molecule has 3 aliphatic heterocycles. The van der Waals surface area contributed by atoms with Crippen LogP contribution in [-0.4, -0.2) is 81.5 Å². The number of aliphatic hydroxyl groups is 1. The van der Waals surface area contributed by atoms with Gasteiger partial charge in [-0.2, -0.15) is 0 Å². The average Bonchev–Trinajstić information content (AvgIpc) is 3.46. The molecule has 1 aliphatic carbocycles. The Balaban J connectivity index is 1.06. The number of aryl methyl sites for hydroxylation is 2. The molecule has 0 spiro atoms. The molecule has 1 aromatic carbocycles. The highest BCUT2D eigenvalue weighted by Gasteiger charge is 2.33. The smallest absolute Gasteiger partial charge is 0.274 e. The summed E-state index contributed by atoms with van der Waals surface area (Å²) < 4.78 is 24.3. The minimum Gasteiger partial charge on any atom is -0.392 e. The zero-order valence-electron chi connectivity index (χ0n) is 28.0. The first-order valence-electron chi connectivity index (χ1n) is 17.3. The molecule has 0 unspecified atom stereocenters. The van der Waals surface area contributed by atoms with Crippen LogP contribution in [0.1, 0.15) is 47.1 Å². The summed E-state index contributed by atoms with van der Waals surface area (Å²) in [4.78, 5) is 38.2. The average molecular weight is 668 g/mol. The first-order chi connectivity index (χ1) is 23.8. The van der Waals surface area contributed by atoms with Gasteiger partial charge in [-0.1, -0.05) is 0 Å². The number of aliphatic hydroxyl groups excluding tert-OH is 1. The van der Waals surface area contributed by atoms with E-state index in [-0.39, 0.29) is 17.2 Å². The number of pyridine rings is 2. The van der Waals surface area contributed by atoms with E-state index in [2.05, 4.69) is 31.6 Å². The zero-order valence-corrected chi connectivity index (χ0v) is 28.0. The Morgan fingerprint density at radius 2 is 1.88 bits per heavy atom. The van der Waals surface area contributed by atoms with Crippen LogP contribution < -0.4 is 20.7 Å². The summed E-state index contributed by atoms with van der Waals surface area (Å²) in [5.74, 6) is -0.233. The third kappa shape index (κ3) is 5.71. The van der Waals surface area contributed by atoms with E-state index < -0.39 is 12.4 Å². The first-order valence-corrected chi connectivity index (χ1v) is 17.3. The molecule has 0 saturated carbocycles. The molecule has 1 atom stereocenters. The molecule has 12 heteroatoms. The maximum Gasteiger partial charge on any atom is 0.274 e. The number of ether oxygens (including phenoxy) is 1. The van der Waals surface area contributed by atoms with E-state index in [1.54, 1.807) is 24.2 Å². The molecular formula is C37H42FN7O4. The van der Waals surface area contributed by atoms with Gasteiger partial charge in [-0.3, -0.25) is 14.5 Å². The van der Waals surface area contributed by atoms with Crippen molar-refractivity contribution in [1.82, 2.24) is 19.0 Å². The van der Waals surface area contributed by atoms with Crippen LogP contribution in [0.15, 0.2) is 53.6 Å². The summed E-state index contributed by atoms with van der Waals surface area (Å²) in [6.45, 7) is 7.24. The normalized spacial score (nSPS) is 19.8. The number of fused-ring (bicyclic) bond motifs is 3. The minimum absolute atomic E-state index is 0.200. The first kappa shape index (κ1) is 31.7. The predicted molar refractivity (Wildman–Crippen MR) is 186 cm³/mol. The summed E-state index contributed by atoms with van der Waals surface area (Å²) >= 11 is 0. The molecule has 49 heavy (non-hydrogen) atoms. The number of anilines is 4. The second-order valence-corrected chi connectivity index (χ2v) is 13.7. The van der Waals surface area contributed by atoms with E-state index in [0.717, 1.165) is 64.2 Å². The molecule has 2 N–H and O–H groups in total. The van der Waals surface area contributed by atoms with Crippen molar-refractivity contribution >= 4 is 28.8 Å². The maximum absolute atomic E-state index is 15.4. The fourth-order valence-corrected chi connectivity index (χ4v) is 8.01. The molecule has 0 bridgehead atoms. The summed E-state index contributed by atoms with van der Waals surface area (Å²) in [5, 5.41) is 13.8. The lowest BCUT2D eigenvalue weighted by atomic mass is 9.97. The highest BCUT2D eigenvalue weighted by Crippen LogP contribution is 2.37. The SMILES string of the molecule is C[C@@H]1CN(C2COC2)CCN1c1ccc(Nc2cc(-c3cc(F)cc(N4CCn5c(cc6c5CCCC6)C4=O)c3CO)cn(C)c2=O)nc1. The second-order valence-electron chi connectivity index (χ2n) is 13.7. The van der Waals surface area contributed by atoms with Crippen molar-refractivity contribution in [2.75, 3.05) is 54.5 Å². The highest BCUT2D eigenvalue weighted by molar-refractivity contribution is 6.07. The Kier molecular flexibility index (Phi) is 8.25. The summed E-state index contributed by atoms with van der Waals surface area (Å²) in [5.41, 5.74) is 5.76. The number of carbonyl (C=O) groups is 1. The summed E-state index contributed by atoms with van der Waals surface area (Å²) in [7, 11) is 1.63. The number of amides is 1. The van der Waals surface area contributed by atoms with E-state index in [9.17, 15) is 14.7 Å². The van der Waals surface area contributed by atoms with E-state index in [4.69, 9.17) is 4.74 Å². The number of halogens is 1. The van der Waals surface area contributed by atoms with Crippen LogP contribution in [0.25, 0.3) is 11.1 Å². The number of hydrogen-bond donors (Lipinski definition) is 2. The van der Waals surface area contributed by atoms with E-state index in [1.165, 1.54) is 28.0 Å². The van der Waals surface area contributed by atoms with Gasteiger partial charge in [-0.15, -0.1) is 0 Å².